The van der Waals surface area contributed by atoms with Crippen molar-refractivity contribution in [3.05, 3.63) is 64.7 Å². The highest BCUT2D eigenvalue weighted by atomic mass is 35.5. The molecular weight excluding hydrogens is 312 g/mol. The topological polar surface area (TPSA) is 55.6 Å². The molecule has 5 heteroatoms. The van der Waals surface area contributed by atoms with Crippen LogP contribution in [-0.4, -0.2) is 23.9 Å². The van der Waals surface area contributed by atoms with E-state index in [4.69, 9.17) is 22.1 Å². The van der Waals surface area contributed by atoms with E-state index in [2.05, 4.69) is 17.0 Å². The maximum Gasteiger partial charge on any atom is 0.223 e. The Morgan fingerprint density at radius 1 is 1.09 bits per heavy atom. The Morgan fingerprint density at radius 2 is 1.70 bits per heavy atom. The van der Waals surface area contributed by atoms with E-state index in [1.807, 2.05) is 36.4 Å². The van der Waals surface area contributed by atoms with Crippen LogP contribution in [0, 0.1) is 5.92 Å². The standard InChI is InChI=1S/C18H19ClN2O2/c19-16-5-1-14(2-6-16)12-23-17-7-3-13(4-8-17)9-21-10-15(11-21)18(20)22/h1-8,15H,9-12H2,(H2,20,22). The van der Waals surface area contributed by atoms with E-state index in [9.17, 15) is 4.79 Å². The van der Waals surface area contributed by atoms with Crippen molar-refractivity contribution in [1.82, 2.24) is 4.90 Å². The van der Waals surface area contributed by atoms with Crippen molar-refractivity contribution in [3.8, 4) is 5.75 Å². The van der Waals surface area contributed by atoms with Gasteiger partial charge in [0.2, 0.25) is 5.91 Å². The molecule has 0 radical (unpaired) electrons. The summed E-state index contributed by atoms with van der Waals surface area (Å²) in [6.45, 7) is 2.86. The molecule has 23 heavy (non-hydrogen) atoms. The molecule has 1 aliphatic heterocycles. The van der Waals surface area contributed by atoms with Crippen LogP contribution in [0.4, 0.5) is 0 Å². The molecule has 3 rings (SSSR count). The van der Waals surface area contributed by atoms with Gasteiger partial charge in [0.25, 0.3) is 0 Å². The van der Waals surface area contributed by atoms with Gasteiger partial charge >= 0.3 is 0 Å². The van der Waals surface area contributed by atoms with Gasteiger partial charge in [0.15, 0.2) is 0 Å². The molecule has 0 aliphatic carbocycles. The molecule has 4 nitrogen and oxygen atoms in total. The summed E-state index contributed by atoms with van der Waals surface area (Å²) in [5, 5.41) is 0.725. The number of amides is 1. The highest BCUT2D eigenvalue weighted by Crippen LogP contribution is 2.20. The van der Waals surface area contributed by atoms with Crippen molar-refractivity contribution in [2.24, 2.45) is 11.7 Å². The van der Waals surface area contributed by atoms with E-state index in [0.717, 1.165) is 36.0 Å². The molecule has 1 amide bonds. The molecule has 2 N–H and O–H groups in total. The number of hydrogen-bond donors (Lipinski definition) is 1. The zero-order valence-electron chi connectivity index (χ0n) is 12.7. The molecule has 120 valence electrons. The minimum Gasteiger partial charge on any atom is -0.489 e. The molecule has 0 spiro atoms. The summed E-state index contributed by atoms with van der Waals surface area (Å²) in [5.41, 5.74) is 7.55. The monoisotopic (exact) mass is 330 g/mol. The van der Waals surface area contributed by atoms with Gasteiger partial charge in [-0.2, -0.15) is 0 Å². The molecule has 1 fully saturated rings. The van der Waals surface area contributed by atoms with Crippen LogP contribution in [0.25, 0.3) is 0 Å². The van der Waals surface area contributed by atoms with Crippen molar-refractivity contribution >= 4 is 17.5 Å². The smallest absolute Gasteiger partial charge is 0.223 e. The van der Waals surface area contributed by atoms with Crippen molar-refractivity contribution in [2.75, 3.05) is 13.1 Å². The number of nitrogens with zero attached hydrogens (tertiary/aromatic N) is 1. The number of halogens is 1. The molecule has 0 saturated carbocycles. The van der Waals surface area contributed by atoms with Crippen LogP contribution in [0.1, 0.15) is 11.1 Å². The molecule has 0 aromatic heterocycles. The Hall–Kier alpha value is -2.04. The fourth-order valence-corrected chi connectivity index (χ4v) is 2.70. The number of nitrogens with two attached hydrogens (primary N) is 1. The predicted molar refractivity (Wildman–Crippen MR) is 90.2 cm³/mol. The maximum absolute atomic E-state index is 11.0. The van der Waals surface area contributed by atoms with Gasteiger partial charge in [0.1, 0.15) is 12.4 Å². The largest absolute Gasteiger partial charge is 0.489 e. The Morgan fingerprint density at radius 3 is 2.30 bits per heavy atom. The molecule has 2 aromatic carbocycles. The highest BCUT2D eigenvalue weighted by molar-refractivity contribution is 6.30. The van der Waals surface area contributed by atoms with Gasteiger partial charge in [-0.1, -0.05) is 35.9 Å². The average Bonchev–Trinajstić information content (AvgIpc) is 2.51. The van der Waals surface area contributed by atoms with Gasteiger partial charge in [-0.05, 0) is 35.4 Å². The number of ether oxygens (including phenoxy) is 1. The Labute approximate surface area is 140 Å². The van der Waals surface area contributed by atoms with Crippen LogP contribution in [0.15, 0.2) is 48.5 Å². The fourth-order valence-electron chi connectivity index (χ4n) is 2.58. The second-order valence-corrected chi connectivity index (χ2v) is 6.29. The van der Waals surface area contributed by atoms with E-state index in [1.165, 1.54) is 5.56 Å². The number of likely N-dealkylation sites (tertiary alicyclic amines) is 1. The molecule has 2 aromatic rings. The number of benzene rings is 2. The van der Waals surface area contributed by atoms with Crippen LogP contribution in [0.5, 0.6) is 5.75 Å². The molecule has 0 atom stereocenters. The number of rotatable bonds is 6. The van der Waals surface area contributed by atoms with Gasteiger partial charge in [-0.3, -0.25) is 9.69 Å². The Balaban J connectivity index is 1.47. The van der Waals surface area contributed by atoms with Crippen molar-refractivity contribution in [3.63, 3.8) is 0 Å². The highest BCUT2D eigenvalue weighted by Gasteiger charge is 2.30. The van der Waals surface area contributed by atoms with E-state index in [0.29, 0.717) is 6.61 Å². The normalized spacial score (nSPS) is 15.2. The fraction of sp³-hybridized carbons (Fsp3) is 0.278. The molecule has 0 bridgehead atoms. The average molecular weight is 331 g/mol. The molecular formula is C18H19ClN2O2. The van der Waals surface area contributed by atoms with E-state index < -0.39 is 0 Å². The van der Waals surface area contributed by atoms with Crippen molar-refractivity contribution < 1.29 is 9.53 Å². The van der Waals surface area contributed by atoms with E-state index >= 15 is 0 Å². The SMILES string of the molecule is NC(=O)C1CN(Cc2ccc(OCc3ccc(Cl)cc3)cc2)C1. The zero-order chi connectivity index (χ0) is 16.2. The summed E-state index contributed by atoms with van der Waals surface area (Å²) in [6.07, 6.45) is 0. The molecule has 0 unspecified atom stereocenters. The van der Waals surface area contributed by atoms with Crippen LogP contribution in [0.3, 0.4) is 0 Å². The third-order valence-electron chi connectivity index (χ3n) is 4.01. The number of primary amides is 1. The van der Waals surface area contributed by atoms with Gasteiger partial charge in [0, 0.05) is 24.7 Å². The Bertz CT molecular complexity index is 664. The number of carbonyl (C=O) groups is 1. The summed E-state index contributed by atoms with van der Waals surface area (Å²) >= 11 is 5.86. The lowest BCUT2D eigenvalue weighted by Crippen LogP contribution is -2.51. The van der Waals surface area contributed by atoms with Gasteiger partial charge in [-0.15, -0.1) is 0 Å². The first-order valence-electron chi connectivity index (χ1n) is 7.58. The second kappa shape index (κ2) is 7.02. The van der Waals surface area contributed by atoms with Crippen LogP contribution < -0.4 is 10.5 Å². The van der Waals surface area contributed by atoms with E-state index in [1.54, 1.807) is 0 Å². The Kier molecular flexibility index (Phi) is 4.84. The van der Waals surface area contributed by atoms with Gasteiger partial charge < -0.3 is 10.5 Å². The lowest BCUT2D eigenvalue weighted by molar-refractivity contribution is -0.127. The zero-order valence-corrected chi connectivity index (χ0v) is 13.5. The lowest BCUT2D eigenvalue weighted by atomic mass is 9.99. The summed E-state index contributed by atoms with van der Waals surface area (Å²) < 4.78 is 5.76. The summed E-state index contributed by atoms with van der Waals surface area (Å²) in [4.78, 5) is 13.2. The maximum atomic E-state index is 11.0. The van der Waals surface area contributed by atoms with E-state index in [-0.39, 0.29) is 11.8 Å². The van der Waals surface area contributed by atoms with Crippen LogP contribution in [0.2, 0.25) is 5.02 Å². The third kappa shape index (κ3) is 4.24. The third-order valence-corrected chi connectivity index (χ3v) is 4.26. The minimum atomic E-state index is -0.202. The second-order valence-electron chi connectivity index (χ2n) is 5.85. The molecule has 1 heterocycles. The molecule has 1 aliphatic rings. The van der Waals surface area contributed by atoms with Gasteiger partial charge in [0.05, 0.1) is 5.92 Å². The first-order valence-corrected chi connectivity index (χ1v) is 7.96. The number of hydrogen-bond acceptors (Lipinski definition) is 3. The number of carbonyl (C=O) groups excluding carboxylic acids is 1. The minimum absolute atomic E-state index is 0.0111. The quantitative estimate of drug-likeness (QED) is 0.886. The van der Waals surface area contributed by atoms with Gasteiger partial charge in [-0.25, -0.2) is 0 Å². The predicted octanol–water partition coefficient (Wildman–Crippen LogP) is 2.84. The summed E-state index contributed by atoms with van der Waals surface area (Å²) in [5.74, 6) is 0.645. The van der Waals surface area contributed by atoms with Crippen molar-refractivity contribution in [2.45, 2.75) is 13.2 Å². The first-order chi connectivity index (χ1) is 11.1. The van der Waals surface area contributed by atoms with Crippen LogP contribution in [-0.2, 0) is 17.9 Å². The summed E-state index contributed by atoms with van der Waals surface area (Å²) in [6, 6.07) is 15.7. The van der Waals surface area contributed by atoms with Crippen LogP contribution >= 0.6 is 11.6 Å². The summed E-state index contributed by atoms with van der Waals surface area (Å²) in [7, 11) is 0. The molecule has 1 saturated heterocycles. The first kappa shape index (κ1) is 15.8. The lowest BCUT2D eigenvalue weighted by Gasteiger charge is -2.37. The van der Waals surface area contributed by atoms with Crippen molar-refractivity contribution in [1.29, 1.82) is 0 Å².